The zero-order chi connectivity index (χ0) is 28.1. The highest BCUT2D eigenvalue weighted by Crippen LogP contribution is 2.11. The Hall–Kier alpha value is -4.00. The second-order valence-corrected chi connectivity index (χ2v) is 8.73. The standard InChI is InChI=1S/C24H35N5O8/c1-3-13(2)20(29-21(33)15(25)11-14-7-5-4-6-8-14)23(35)28-17(12-19(31)32)22(34)27-16(24(36)37)9-10-18(26)30/h4-8,13,15-17,20H,3,9-12,25H2,1-2H3,(H2,26,30)(H,27,34)(H,28,35)(H,29,33)(H,31,32)(H,36,37). The molecule has 1 aromatic carbocycles. The molecule has 9 N–H and O–H groups in total. The normalized spacial score (nSPS) is 14.8. The highest BCUT2D eigenvalue weighted by molar-refractivity contribution is 5.95. The van der Waals surface area contributed by atoms with E-state index < -0.39 is 72.1 Å². The van der Waals surface area contributed by atoms with Gasteiger partial charge < -0.3 is 37.6 Å². The highest BCUT2D eigenvalue weighted by Gasteiger charge is 2.33. The van der Waals surface area contributed by atoms with Gasteiger partial charge in [-0.15, -0.1) is 0 Å². The average molecular weight is 522 g/mol. The molecule has 0 heterocycles. The van der Waals surface area contributed by atoms with Gasteiger partial charge in [0, 0.05) is 6.42 Å². The molecule has 0 spiro atoms. The van der Waals surface area contributed by atoms with E-state index in [1.807, 2.05) is 6.07 Å². The number of amides is 4. The van der Waals surface area contributed by atoms with Gasteiger partial charge in [0.25, 0.3) is 0 Å². The summed E-state index contributed by atoms with van der Waals surface area (Å²) in [7, 11) is 0. The predicted molar refractivity (Wildman–Crippen MR) is 132 cm³/mol. The molecule has 4 amide bonds. The van der Waals surface area contributed by atoms with Gasteiger partial charge in [-0.05, 0) is 24.3 Å². The van der Waals surface area contributed by atoms with Crippen LogP contribution in [-0.4, -0.2) is 69.9 Å². The lowest BCUT2D eigenvalue weighted by Gasteiger charge is -2.27. The van der Waals surface area contributed by atoms with Crippen molar-refractivity contribution < 1.29 is 39.0 Å². The van der Waals surface area contributed by atoms with Crippen molar-refractivity contribution in [2.75, 3.05) is 0 Å². The molecule has 0 fully saturated rings. The lowest BCUT2D eigenvalue weighted by Crippen LogP contribution is -2.59. The van der Waals surface area contributed by atoms with Gasteiger partial charge in [-0.3, -0.25) is 24.0 Å². The van der Waals surface area contributed by atoms with Crippen LogP contribution in [0.5, 0.6) is 0 Å². The molecule has 5 unspecified atom stereocenters. The van der Waals surface area contributed by atoms with Crippen molar-refractivity contribution in [3.05, 3.63) is 35.9 Å². The third-order valence-electron chi connectivity index (χ3n) is 5.73. The fourth-order valence-corrected chi connectivity index (χ4v) is 3.38. The van der Waals surface area contributed by atoms with E-state index in [9.17, 15) is 39.0 Å². The zero-order valence-electron chi connectivity index (χ0n) is 20.8. The van der Waals surface area contributed by atoms with Crippen LogP contribution in [0, 0.1) is 5.92 Å². The maximum atomic E-state index is 13.1. The summed E-state index contributed by atoms with van der Waals surface area (Å²) in [6.07, 6.45) is -0.842. The van der Waals surface area contributed by atoms with Gasteiger partial charge in [0.15, 0.2) is 0 Å². The molecule has 204 valence electrons. The first-order chi connectivity index (χ1) is 17.3. The second-order valence-electron chi connectivity index (χ2n) is 8.73. The molecule has 0 aliphatic rings. The molecule has 0 saturated heterocycles. The van der Waals surface area contributed by atoms with Crippen LogP contribution in [0.15, 0.2) is 30.3 Å². The minimum absolute atomic E-state index is 0.216. The van der Waals surface area contributed by atoms with Crippen LogP contribution in [-0.2, 0) is 35.2 Å². The van der Waals surface area contributed by atoms with E-state index in [-0.39, 0.29) is 19.3 Å². The van der Waals surface area contributed by atoms with Crippen LogP contribution in [0.3, 0.4) is 0 Å². The smallest absolute Gasteiger partial charge is 0.326 e. The van der Waals surface area contributed by atoms with Crippen molar-refractivity contribution in [3.8, 4) is 0 Å². The first kappa shape index (κ1) is 31.0. The second kappa shape index (κ2) is 15.2. The lowest BCUT2D eigenvalue weighted by atomic mass is 9.96. The number of nitrogens with two attached hydrogens (primary N) is 2. The van der Waals surface area contributed by atoms with Gasteiger partial charge in [0.1, 0.15) is 18.1 Å². The number of hydrogen-bond acceptors (Lipinski definition) is 7. The molecule has 37 heavy (non-hydrogen) atoms. The Balaban J connectivity index is 2.99. The number of hydrogen-bond donors (Lipinski definition) is 7. The minimum Gasteiger partial charge on any atom is -0.481 e. The van der Waals surface area contributed by atoms with E-state index in [1.165, 1.54) is 0 Å². The van der Waals surface area contributed by atoms with Crippen LogP contribution >= 0.6 is 0 Å². The minimum atomic E-state index is -1.65. The summed E-state index contributed by atoms with van der Waals surface area (Å²) < 4.78 is 0. The van der Waals surface area contributed by atoms with Crippen molar-refractivity contribution in [2.24, 2.45) is 17.4 Å². The first-order valence-corrected chi connectivity index (χ1v) is 11.8. The Morgan fingerprint density at radius 3 is 2.00 bits per heavy atom. The summed E-state index contributed by atoms with van der Waals surface area (Å²) in [5.74, 6) is -6.62. The van der Waals surface area contributed by atoms with Gasteiger partial charge in [-0.2, -0.15) is 0 Å². The molecule has 13 nitrogen and oxygen atoms in total. The third kappa shape index (κ3) is 11.1. The fourth-order valence-electron chi connectivity index (χ4n) is 3.38. The molecular weight excluding hydrogens is 486 g/mol. The van der Waals surface area contributed by atoms with Gasteiger partial charge in [-0.25, -0.2) is 4.79 Å². The van der Waals surface area contributed by atoms with Gasteiger partial charge in [0.2, 0.25) is 23.6 Å². The summed E-state index contributed by atoms with van der Waals surface area (Å²) in [6.45, 7) is 3.46. The lowest BCUT2D eigenvalue weighted by molar-refractivity contribution is -0.144. The van der Waals surface area contributed by atoms with Crippen LogP contribution in [0.1, 0.15) is 45.1 Å². The average Bonchev–Trinajstić information content (AvgIpc) is 2.83. The SMILES string of the molecule is CCC(C)C(NC(=O)C(N)Cc1ccccc1)C(=O)NC(CC(=O)O)C(=O)NC(CCC(N)=O)C(=O)O. The topological polar surface area (TPSA) is 231 Å². The number of carboxylic acids is 2. The molecule has 0 aliphatic heterocycles. The molecule has 13 heteroatoms. The number of benzene rings is 1. The fraction of sp³-hybridized carbons (Fsp3) is 0.500. The number of aliphatic carboxylic acids is 2. The maximum Gasteiger partial charge on any atom is 0.326 e. The van der Waals surface area contributed by atoms with E-state index in [2.05, 4.69) is 16.0 Å². The van der Waals surface area contributed by atoms with E-state index >= 15 is 0 Å². The van der Waals surface area contributed by atoms with Crippen LogP contribution in [0.4, 0.5) is 0 Å². The molecule has 0 saturated carbocycles. The van der Waals surface area contributed by atoms with Gasteiger partial charge in [0.05, 0.1) is 12.5 Å². The van der Waals surface area contributed by atoms with Gasteiger partial charge in [-0.1, -0.05) is 50.6 Å². The summed E-state index contributed by atoms with van der Waals surface area (Å²) in [5.41, 5.74) is 11.8. The van der Waals surface area contributed by atoms with Crippen LogP contribution in [0.2, 0.25) is 0 Å². The number of carbonyl (C=O) groups excluding carboxylic acids is 4. The van der Waals surface area contributed by atoms with Crippen molar-refractivity contribution >= 4 is 35.6 Å². The van der Waals surface area contributed by atoms with E-state index in [0.717, 1.165) is 5.56 Å². The molecule has 0 bridgehead atoms. The number of primary amides is 1. The van der Waals surface area contributed by atoms with E-state index in [0.29, 0.717) is 6.42 Å². The molecule has 5 atom stereocenters. The molecule has 0 aromatic heterocycles. The summed E-state index contributed by atoms with van der Waals surface area (Å²) in [6, 6.07) is 3.71. The molecule has 0 aliphatic carbocycles. The Labute approximate surface area is 214 Å². The van der Waals surface area contributed by atoms with Crippen LogP contribution < -0.4 is 27.4 Å². The predicted octanol–water partition coefficient (Wildman–Crippen LogP) is -1.12. The largest absolute Gasteiger partial charge is 0.481 e. The monoisotopic (exact) mass is 521 g/mol. The zero-order valence-corrected chi connectivity index (χ0v) is 20.8. The number of carbonyl (C=O) groups is 6. The summed E-state index contributed by atoms with van der Waals surface area (Å²) >= 11 is 0. The molecule has 1 rings (SSSR count). The Kier molecular flexibility index (Phi) is 12.7. The summed E-state index contributed by atoms with van der Waals surface area (Å²) in [4.78, 5) is 72.3. The van der Waals surface area contributed by atoms with Crippen molar-refractivity contribution in [3.63, 3.8) is 0 Å². The quantitative estimate of drug-likeness (QED) is 0.139. The highest BCUT2D eigenvalue weighted by atomic mass is 16.4. The number of rotatable bonds is 16. The third-order valence-corrected chi connectivity index (χ3v) is 5.73. The Bertz CT molecular complexity index is 971. The maximum absolute atomic E-state index is 13.1. The van der Waals surface area contributed by atoms with E-state index in [4.69, 9.17) is 11.5 Å². The van der Waals surface area contributed by atoms with E-state index in [1.54, 1.807) is 38.1 Å². The van der Waals surface area contributed by atoms with Gasteiger partial charge >= 0.3 is 11.9 Å². The number of carboxylic acid groups (broad SMARTS) is 2. The Morgan fingerprint density at radius 2 is 1.49 bits per heavy atom. The molecular formula is C24H35N5O8. The Morgan fingerprint density at radius 1 is 0.892 bits per heavy atom. The van der Waals surface area contributed by atoms with Crippen molar-refractivity contribution in [1.82, 2.24) is 16.0 Å². The van der Waals surface area contributed by atoms with Crippen LogP contribution in [0.25, 0.3) is 0 Å². The number of nitrogens with one attached hydrogen (secondary N) is 3. The van der Waals surface area contributed by atoms with Crippen molar-refractivity contribution in [1.29, 1.82) is 0 Å². The van der Waals surface area contributed by atoms with Crippen molar-refractivity contribution in [2.45, 2.75) is 70.1 Å². The first-order valence-electron chi connectivity index (χ1n) is 11.8. The molecule has 0 radical (unpaired) electrons. The summed E-state index contributed by atoms with van der Waals surface area (Å²) in [5, 5.41) is 25.5. The molecule has 1 aromatic rings.